The number of carboxylic acid groups (broad SMARTS) is 1. The van der Waals surface area contributed by atoms with E-state index in [9.17, 15) is 33.0 Å². The van der Waals surface area contributed by atoms with Crippen LogP contribution in [0.25, 0.3) is 43.6 Å². The van der Waals surface area contributed by atoms with Gasteiger partial charge in [0, 0.05) is 35.7 Å². The Balaban J connectivity index is 0.000000403. The standard InChI is InChI=1S/C27H22N4O6.C2HF3O2/c1-27-24(36-2)11(28)9-15(37-27)30-12-6-4-3-5-10(12)16-19-20(26(35)29-25(19)34)18-17-13(7-8-14(32)23(17)33)31(27)22(18)21(16)30;3-2(4,5)1(6)7/h3-8,11,15,24,32-33H,9,28H2,1-2H3,(H,29,34,35);(H,6,7)/t11-,15-,24-,27+;/m1./s1. The molecule has 12 nitrogen and oxygen atoms in total. The number of phenols is 2. The minimum atomic E-state index is -5.08. The number of carbonyl (C=O) groups excluding carboxylic acids is 2. The Morgan fingerprint density at radius 1 is 1.05 bits per heavy atom. The fraction of sp³-hybridized carbons (Fsp3) is 0.276. The molecular formula is C29H23F3N4O8. The molecule has 5 aromatic rings. The van der Waals surface area contributed by atoms with E-state index in [2.05, 4.69) is 5.32 Å². The second kappa shape index (κ2) is 8.84. The molecule has 3 aliphatic rings. The minimum Gasteiger partial charge on any atom is -0.504 e. The smallest absolute Gasteiger partial charge is 0.490 e. The highest BCUT2D eigenvalue weighted by Gasteiger charge is 2.53. The lowest BCUT2D eigenvalue weighted by Crippen LogP contribution is -2.59. The van der Waals surface area contributed by atoms with E-state index in [0.717, 1.165) is 10.9 Å². The van der Waals surface area contributed by atoms with Crippen molar-refractivity contribution in [3.8, 4) is 11.5 Å². The first-order chi connectivity index (χ1) is 20.7. The maximum absolute atomic E-state index is 13.3. The summed E-state index contributed by atoms with van der Waals surface area (Å²) in [6, 6.07) is 10.3. The predicted octanol–water partition coefficient (Wildman–Crippen LogP) is 3.78. The highest BCUT2D eigenvalue weighted by Crippen LogP contribution is 2.55. The zero-order valence-corrected chi connectivity index (χ0v) is 22.9. The number of aromatic nitrogens is 2. The monoisotopic (exact) mass is 612 g/mol. The zero-order chi connectivity index (χ0) is 31.6. The van der Waals surface area contributed by atoms with Gasteiger partial charge in [0.15, 0.2) is 17.2 Å². The molecule has 0 saturated carbocycles. The molecule has 6 N–H and O–H groups in total. The summed E-state index contributed by atoms with van der Waals surface area (Å²) in [6.45, 7) is 1.88. The third-order valence-electron chi connectivity index (χ3n) is 8.65. The first-order valence-corrected chi connectivity index (χ1v) is 13.3. The fourth-order valence-corrected chi connectivity index (χ4v) is 7.14. The molecule has 228 valence electrons. The van der Waals surface area contributed by atoms with Crippen LogP contribution in [-0.2, 0) is 20.0 Å². The molecule has 2 bridgehead atoms. The van der Waals surface area contributed by atoms with Crippen molar-refractivity contribution in [2.45, 2.75) is 43.6 Å². The molecule has 0 radical (unpaired) electrons. The lowest BCUT2D eigenvalue weighted by Gasteiger charge is -2.47. The summed E-state index contributed by atoms with van der Waals surface area (Å²) in [5.74, 6) is -4.54. The number of carboxylic acids is 1. The summed E-state index contributed by atoms with van der Waals surface area (Å²) in [4.78, 5) is 35.5. The number of methoxy groups -OCH3 is 1. The number of rotatable bonds is 1. The Bertz CT molecular complexity index is 2130. The number of aliphatic carboxylic acids is 1. The molecule has 15 heteroatoms. The third kappa shape index (κ3) is 3.36. The molecule has 1 fully saturated rings. The molecule has 3 aliphatic heterocycles. The van der Waals surface area contributed by atoms with Crippen LogP contribution < -0.4 is 11.1 Å². The van der Waals surface area contributed by atoms with Crippen molar-refractivity contribution >= 4 is 61.4 Å². The number of hydrogen-bond acceptors (Lipinski definition) is 8. The van der Waals surface area contributed by atoms with Crippen LogP contribution in [0.1, 0.15) is 40.3 Å². The van der Waals surface area contributed by atoms with Crippen LogP contribution in [0.5, 0.6) is 11.5 Å². The van der Waals surface area contributed by atoms with Gasteiger partial charge in [-0.05, 0) is 25.1 Å². The Morgan fingerprint density at radius 2 is 1.68 bits per heavy atom. The molecule has 0 unspecified atom stereocenters. The summed E-state index contributed by atoms with van der Waals surface area (Å²) >= 11 is 0. The molecule has 1 saturated heterocycles. The van der Waals surface area contributed by atoms with Crippen molar-refractivity contribution in [2.24, 2.45) is 5.73 Å². The number of nitrogens with two attached hydrogens (primary N) is 1. The number of fused-ring (bicyclic) bond motifs is 13. The molecule has 8 rings (SSSR count). The second-order valence-electron chi connectivity index (χ2n) is 11.0. The van der Waals surface area contributed by atoms with Crippen LogP contribution in [0.4, 0.5) is 13.2 Å². The van der Waals surface area contributed by atoms with E-state index in [4.69, 9.17) is 25.1 Å². The van der Waals surface area contributed by atoms with Gasteiger partial charge in [-0.3, -0.25) is 14.9 Å². The molecule has 4 atom stereocenters. The minimum absolute atomic E-state index is 0.165. The molecular weight excluding hydrogens is 589 g/mol. The van der Waals surface area contributed by atoms with Gasteiger partial charge in [0.2, 0.25) is 0 Å². The first kappa shape index (κ1) is 27.9. The van der Waals surface area contributed by atoms with Gasteiger partial charge in [-0.1, -0.05) is 18.2 Å². The number of hydrogen-bond donors (Lipinski definition) is 5. The number of alkyl halides is 3. The van der Waals surface area contributed by atoms with Gasteiger partial charge < -0.3 is 39.7 Å². The third-order valence-corrected chi connectivity index (χ3v) is 8.65. The summed E-state index contributed by atoms with van der Waals surface area (Å²) in [7, 11) is 1.58. The van der Waals surface area contributed by atoms with Gasteiger partial charge in [0.1, 0.15) is 12.3 Å². The number of carbonyl (C=O) groups is 3. The molecule has 0 spiro atoms. The van der Waals surface area contributed by atoms with Crippen molar-refractivity contribution in [1.82, 2.24) is 14.5 Å². The number of nitrogens with one attached hydrogen (secondary N) is 1. The quantitative estimate of drug-likeness (QED) is 0.139. The summed E-state index contributed by atoms with van der Waals surface area (Å²) in [5.41, 5.74) is 8.62. The van der Waals surface area contributed by atoms with Crippen LogP contribution in [0, 0.1) is 0 Å². The van der Waals surface area contributed by atoms with Gasteiger partial charge in [-0.15, -0.1) is 0 Å². The van der Waals surface area contributed by atoms with Crippen LogP contribution in [0.2, 0.25) is 0 Å². The number of para-hydroxylation sites is 1. The van der Waals surface area contributed by atoms with Gasteiger partial charge in [0.25, 0.3) is 11.8 Å². The highest BCUT2D eigenvalue weighted by molar-refractivity contribution is 6.40. The Hall–Kier alpha value is -4.86. The number of amides is 2. The number of nitrogens with zero attached hydrogens (tertiary/aromatic N) is 2. The van der Waals surface area contributed by atoms with E-state index in [1.165, 1.54) is 6.07 Å². The number of benzene rings is 3. The number of halogens is 3. The number of ether oxygens (including phenoxy) is 2. The molecule has 2 aromatic heterocycles. The van der Waals surface area contributed by atoms with Gasteiger partial charge >= 0.3 is 12.1 Å². The maximum Gasteiger partial charge on any atom is 0.490 e. The Labute approximate surface area is 243 Å². The fourth-order valence-electron chi connectivity index (χ4n) is 7.14. The van der Waals surface area contributed by atoms with Crippen molar-refractivity contribution in [2.75, 3.05) is 7.11 Å². The van der Waals surface area contributed by atoms with E-state index in [1.54, 1.807) is 13.2 Å². The van der Waals surface area contributed by atoms with E-state index >= 15 is 0 Å². The van der Waals surface area contributed by atoms with Crippen LogP contribution >= 0.6 is 0 Å². The molecule has 2 amide bonds. The van der Waals surface area contributed by atoms with Crippen LogP contribution in [0.3, 0.4) is 0 Å². The van der Waals surface area contributed by atoms with E-state index in [-0.39, 0.29) is 28.0 Å². The van der Waals surface area contributed by atoms with E-state index < -0.39 is 48.1 Å². The van der Waals surface area contributed by atoms with E-state index in [1.807, 2.05) is 40.3 Å². The van der Waals surface area contributed by atoms with Crippen LogP contribution in [-0.4, -0.2) is 67.7 Å². The number of phenolic OH excluding ortho intramolecular Hbond substituents is 2. The summed E-state index contributed by atoms with van der Waals surface area (Å²) in [5, 5.41) is 33.3. The first-order valence-electron chi connectivity index (χ1n) is 13.3. The van der Waals surface area contributed by atoms with Crippen molar-refractivity contribution in [1.29, 1.82) is 0 Å². The lowest BCUT2D eigenvalue weighted by atomic mass is 9.93. The number of aromatic hydroxyl groups is 2. The zero-order valence-electron chi connectivity index (χ0n) is 22.9. The molecule has 0 aliphatic carbocycles. The second-order valence-corrected chi connectivity index (χ2v) is 11.0. The van der Waals surface area contributed by atoms with Crippen LogP contribution in [0.15, 0.2) is 36.4 Å². The molecule has 44 heavy (non-hydrogen) atoms. The number of imide groups is 1. The Kier molecular flexibility index (Phi) is 5.61. The topological polar surface area (TPSA) is 178 Å². The molecule has 5 heterocycles. The Morgan fingerprint density at radius 3 is 2.32 bits per heavy atom. The highest BCUT2D eigenvalue weighted by atomic mass is 19.4. The normalized spacial score (nSPS) is 24.1. The average molecular weight is 613 g/mol. The van der Waals surface area contributed by atoms with Gasteiger partial charge in [0.05, 0.1) is 38.6 Å². The van der Waals surface area contributed by atoms with Crippen molar-refractivity contribution in [3.63, 3.8) is 0 Å². The van der Waals surface area contributed by atoms with Crippen molar-refractivity contribution in [3.05, 3.63) is 47.5 Å². The average Bonchev–Trinajstić information content (AvgIpc) is 3.55. The molecule has 3 aromatic carbocycles. The predicted molar refractivity (Wildman–Crippen MR) is 148 cm³/mol. The van der Waals surface area contributed by atoms with E-state index in [0.29, 0.717) is 33.7 Å². The van der Waals surface area contributed by atoms with Gasteiger partial charge in [-0.2, -0.15) is 13.2 Å². The SMILES string of the molecule is CO[C@@H]1[C@H](N)C[C@H]2O[C@]1(C)n1c3ccc(O)c(O)c3c3c4c(c5c6ccccc6n2c5c31)C(=O)NC4=O.O=C(O)C(F)(F)F. The maximum atomic E-state index is 13.3. The summed E-state index contributed by atoms with van der Waals surface area (Å²) < 4.78 is 48.5. The van der Waals surface area contributed by atoms with Gasteiger partial charge in [-0.25, -0.2) is 4.79 Å². The van der Waals surface area contributed by atoms with Crippen molar-refractivity contribution < 1.29 is 52.3 Å². The lowest BCUT2D eigenvalue weighted by molar-refractivity contribution is -0.252. The largest absolute Gasteiger partial charge is 0.504 e. The summed E-state index contributed by atoms with van der Waals surface area (Å²) in [6.07, 6.45) is -5.69.